The summed E-state index contributed by atoms with van der Waals surface area (Å²) >= 11 is 0. The van der Waals surface area contributed by atoms with E-state index in [4.69, 9.17) is 0 Å². The smallest absolute Gasteiger partial charge is 0.264 e. The Bertz CT molecular complexity index is 939. The molecule has 3 rings (SSSR count). The van der Waals surface area contributed by atoms with Crippen molar-refractivity contribution in [2.75, 3.05) is 32.4 Å². The van der Waals surface area contributed by atoms with Crippen molar-refractivity contribution >= 4 is 27.0 Å². The van der Waals surface area contributed by atoms with E-state index in [9.17, 15) is 18.0 Å². The van der Waals surface area contributed by atoms with Gasteiger partial charge in [0.05, 0.1) is 12.5 Å². The summed E-state index contributed by atoms with van der Waals surface area (Å²) in [4.78, 5) is 30.4. The van der Waals surface area contributed by atoms with Crippen LogP contribution in [-0.4, -0.2) is 75.3 Å². The van der Waals surface area contributed by atoms with Crippen LogP contribution < -0.4 is 5.56 Å². The number of carbonyl (C=O) groups is 1. The number of piperazine rings is 1. The number of hydrogen-bond donors (Lipinski definition) is 0. The lowest BCUT2D eigenvalue weighted by Crippen LogP contribution is -2.51. The van der Waals surface area contributed by atoms with Crippen molar-refractivity contribution in [2.45, 2.75) is 6.54 Å². The number of hydrogen-bond acceptors (Lipinski definition) is 6. The summed E-state index contributed by atoms with van der Waals surface area (Å²) in [6.45, 7) is 1.01. The summed E-state index contributed by atoms with van der Waals surface area (Å²) in [5.41, 5.74) is 0.140. The first-order chi connectivity index (χ1) is 11.3. The fourth-order valence-electron chi connectivity index (χ4n) is 2.69. The summed E-state index contributed by atoms with van der Waals surface area (Å²) < 4.78 is 27.0. The van der Waals surface area contributed by atoms with E-state index in [1.54, 1.807) is 11.9 Å². The number of fused-ring (bicyclic) bond motifs is 1. The van der Waals surface area contributed by atoms with Gasteiger partial charge < -0.3 is 4.90 Å². The molecule has 0 bridgehead atoms. The van der Waals surface area contributed by atoms with E-state index in [2.05, 4.69) is 10.1 Å². The van der Waals surface area contributed by atoms with Gasteiger partial charge in [-0.05, 0) is 0 Å². The van der Waals surface area contributed by atoms with Crippen molar-refractivity contribution in [3.8, 4) is 0 Å². The zero-order chi connectivity index (χ0) is 17.5. The highest BCUT2D eigenvalue weighted by Crippen LogP contribution is 2.07. The molecule has 2 aromatic heterocycles. The fraction of sp³-hybridized carbons (Fsp3) is 0.538. The lowest BCUT2D eigenvalue weighted by Gasteiger charge is -2.33. The number of aryl methyl sites for hydroxylation is 1. The van der Waals surface area contributed by atoms with Crippen molar-refractivity contribution in [1.29, 1.82) is 0 Å². The molecule has 0 saturated carbocycles. The van der Waals surface area contributed by atoms with E-state index in [1.807, 2.05) is 0 Å². The summed E-state index contributed by atoms with van der Waals surface area (Å²) in [6.07, 6.45) is 3.91. The van der Waals surface area contributed by atoms with Crippen molar-refractivity contribution in [1.82, 2.24) is 28.5 Å². The SMILES string of the molecule is Cn1ncc2c(=O)n(CC(=O)N3CCN(S(C)(=O)=O)CC3)cnc21. The maximum Gasteiger partial charge on any atom is 0.264 e. The first-order valence-electron chi connectivity index (χ1n) is 7.37. The van der Waals surface area contributed by atoms with Gasteiger partial charge in [0.2, 0.25) is 15.9 Å². The molecule has 10 nitrogen and oxygen atoms in total. The molecule has 1 aliphatic heterocycles. The topological polar surface area (TPSA) is 110 Å². The number of nitrogens with zero attached hydrogens (tertiary/aromatic N) is 6. The van der Waals surface area contributed by atoms with Crippen LogP contribution in [0.15, 0.2) is 17.3 Å². The minimum absolute atomic E-state index is 0.129. The highest BCUT2D eigenvalue weighted by atomic mass is 32.2. The Morgan fingerprint density at radius 3 is 2.54 bits per heavy atom. The second-order valence-corrected chi connectivity index (χ2v) is 7.71. The predicted molar refractivity (Wildman–Crippen MR) is 85.8 cm³/mol. The maximum absolute atomic E-state index is 12.4. The normalized spacial score (nSPS) is 16.7. The van der Waals surface area contributed by atoms with Crippen molar-refractivity contribution in [3.63, 3.8) is 0 Å². The Hall–Kier alpha value is -2.27. The van der Waals surface area contributed by atoms with Gasteiger partial charge in [-0.1, -0.05) is 0 Å². The van der Waals surface area contributed by atoms with Gasteiger partial charge in [-0.25, -0.2) is 13.4 Å². The zero-order valence-electron chi connectivity index (χ0n) is 13.4. The molecular weight excluding hydrogens is 336 g/mol. The molecule has 0 N–H and O–H groups in total. The van der Waals surface area contributed by atoms with Crippen LogP contribution in [0.2, 0.25) is 0 Å². The van der Waals surface area contributed by atoms with Crippen LogP contribution >= 0.6 is 0 Å². The summed E-state index contributed by atoms with van der Waals surface area (Å²) in [5, 5.41) is 4.34. The third-order valence-electron chi connectivity index (χ3n) is 4.08. The third kappa shape index (κ3) is 3.04. The van der Waals surface area contributed by atoms with Gasteiger partial charge in [0.25, 0.3) is 5.56 Å². The second kappa shape index (κ2) is 5.98. The number of sulfonamides is 1. The molecular formula is C13H18N6O4S. The van der Waals surface area contributed by atoms with Gasteiger partial charge >= 0.3 is 0 Å². The van der Waals surface area contributed by atoms with Gasteiger partial charge in [0, 0.05) is 33.2 Å². The Balaban J connectivity index is 1.72. The lowest BCUT2D eigenvalue weighted by molar-refractivity contribution is -0.133. The van der Waals surface area contributed by atoms with E-state index in [0.29, 0.717) is 24.1 Å². The average molecular weight is 354 g/mol. The largest absolute Gasteiger partial charge is 0.338 e. The molecule has 0 aromatic carbocycles. The quantitative estimate of drug-likeness (QED) is 0.645. The molecule has 130 valence electrons. The van der Waals surface area contributed by atoms with Crippen LogP contribution in [0.5, 0.6) is 0 Å². The first kappa shape index (κ1) is 16.6. The Morgan fingerprint density at radius 1 is 1.25 bits per heavy atom. The molecule has 1 saturated heterocycles. The molecule has 0 atom stereocenters. The highest BCUT2D eigenvalue weighted by molar-refractivity contribution is 7.88. The Labute approximate surface area is 138 Å². The molecule has 24 heavy (non-hydrogen) atoms. The molecule has 0 spiro atoms. The summed E-state index contributed by atoms with van der Waals surface area (Å²) in [5.74, 6) is -0.240. The summed E-state index contributed by atoms with van der Waals surface area (Å²) in [7, 11) is -1.56. The number of carbonyl (C=O) groups excluding carboxylic acids is 1. The molecule has 0 radical (unpaired) electrons. The molecule has 11 heteroatoms. The van der Waals surface area contributed by atoms with E-state index in [0.717, 1.165) is 6.26 Å². The van der Waals surface area contributed by atoms with Crippen molar-refractivity contribution in [2.24, 2.45) is 7.05 Å². The molecule has 0 aliphatic carbocycles. The Kier molecular flexibility index (Phi) is 4.13. The number of rotatable bonds is 3. The van der Waals surface area contributed by atoms with Crippen LogP contribution in [-0.2, 0) is 28.4 Å². The highest BCUT2D eigenvalue weighted by Gasteiger charge is 2.26. The third-order valence-corrected chi connectivity index (χ3v) is 5.39. The zero-order valence-corrected chi connectivity index (χ0v) is 14.2. The van der Waals surface area contributed by atoms with Crippen LogP contribution in [0.4, 0.5) is 0 Å². The standard InChI is InChI=1S/C13H18N6O4S/c1-16-12-10(7-15-16)13(21)18(9-14-12)8-11(20)17-3-5-19(6-4-17)24(2,22)23/h7,9H,3-6,8H2,1-2H3. The predicted octanol–water partition coefficient (Wildman–Crippen LogP) is -1.77. The first-order valence-corrected chi connectivity index (χ1v) is 9.22. The van der Waals surface area contributed by atoms with E-state index < -0.39 is 10.0 Å². The molecule has 0 unspecified atom stereocenters. The van der Waals surface area contributed by atoms with Crippen molar-refractivity contribution in [3.05, 3.63) is 22.9 Å². The van der Waals surface area contributed by atoms with Gasteiger partial charge in [0.1, 0.15) is 18.3 Å². The minimum atomic E-state index is -3.24. The van der Waals surface area contributed by atoms with Gasteiger partial charge in [0.15, 0.2) is 5.65 Å². The number of aromatic nitrogens is 4. The Morgan fingerprint density at radius 2 is 1.92 bits per heavy atom. The van der Waals surface area contributed by atoms with Crippen LogP contribution in [0.25, 0.3) is 11.0 Å². The van der Waals surface area contributed by atoms with Gasteiger partial charge in [-0.3, -0.25) is 18.8 Å². The molecule has 2 aromatic rings. The van der Waals surface area contributed by atoms with Gasteiger partial charge in [-0.2, -0.15) is 9.40 Å². The molecule has 1 amide bonds. The van der Waals surface area contributed by atoms with Crippen LogP contribution in [0, 0.1) is 0 Å². The maximum atomic E-state index is 12.4. The molecule has 1 fully saturated rings. The monoisotopic (exact) mass is 354 g/mol. The molecule has 3 heterocycles. The van der Waals surface area contributed by atoms with Crippen LogP contribution in [0.3, 0.4) is 0 Å². The lowest BCUT2D eigenvalue weighted by atomic mass is 10.3. The van der Waals surface area contributed by atoms with E-state index in [1.165, 1.54) is 26.1 Å². The van der Waals surface area contributed by atoms with Gasteiger partial charge in [-0.15, -0.1) is 0 Å². The van der Waals surface area contributed by atoms with Crippen molar-refractivity contribution < 1.29 is 13.2 Å². The fourth-order valence-corrected chi connectivity index (χ4v) is 3.52. The molecule has 1 aliphatic rings. The summed E-state index contributed by atoms with van der Waals surface area (Å²) in [6, 6.07) is 0. The van der Waals surface area contributed by atoms with E-state index in [-0.39, 0.29) is 31.1 Å². The second-order valence-electron chi connectivity index (χ2n) is 5.73. The number of amides is 1. The average Bonchev–Trinajstić information content (AvgIpc) is 2.91. The minimum Gasteiger partial charge on any atom is -0.338 e. The van der Waals surface area contributed by atoms with Crippen LogP contribution in [0.1, 0.15) is 0 Å². The van der Waals surface area contributed by atoms with E-state index >= 15 is 0 Å².